The Kier molecular flexibility index (Phi) is 4.28. The summed E-state index contributed by atoms with van der Waals surface area (Å²) in [6, 6.07) is 0. The molecule has 8 nitrogen and oxygen atoms in total. The van der Waals surface area contributed by atoms with Gasteiger partial charge in [0.25, 0.3) is 0 Å². The van der Waals surface area contributed by atoms with E-state index in [9.17, 15) is 8.42 Å². The molecule has 0 fully saturated rings. The Hall–Kier alpha value is -1.36. The van der Waals surface area contributed by atoms with Gasteiger partial charge in [-0.15, -0.1) is 0 Å². The van der Waals surface area contributed by atoms with Crippen LogP contribution in [-0.4, -0.2) is 43.0 Å². The molecule has 1 aromatic heterocycles. The molecule has 0 aliphatic heterocycles. The molecule has 0 radical (unpaired) electrons. The van der Waals surface area contributed by atoms with Gasteiger partial charge in [-0.2, -0.15) is 0 Å². The molecule has 0 aliphatic rings. The third kappa shape index (κ3) is 3.56. The maximum absolute atomic E-state index is 11.4. The highest BCUT2D eigenvalue weighted by Crippen LogP contribution is 2.25. The van der Waals surface area contributed by atoms with Gasteiger partial charge in [0.1, 0.15) is 6.33 Å². The number of nitrogens with zero attached hydrogens (tertiary/aromatic N) is 3. The van der Waals surface area contributed by atoms with Gasteiger partial charge in [0.2, 0.25) is 15.9 Å². The number of ether oxygens (including phenoxy) is 1. The Morgan fingerprint density at radius 1 is 1.53 bits per heavy atom. The van der Waals surface area contributed by atoms with Gasteiger partial charge in [0.15, 0.2) is 16.3 Å². The first-order chi connectivity index (χ1) is 7.86. The van der Waals surface area contributed by atoms with Crippen LogP contribution in [0.1, 0.15) is 0 Å². The number of anilines is 1. The molecule has 0 spiro atoms. The summed E-state index contributed by atoms with van der Waals surface area (Å²) in [5.74, 6) is -0.207. The lowest BCUT2D eigenvalue weighted by Gasteiger charge is -2.15. The monoisotopic (exact) mass is 277 g/mol. The molecular weight excluding hydrogens is 266 g/mol. The van der Waals surface area contributed by atoms with Crippen LogP contribution in [0.2, 0.25) is 0 Å². The molecule has 0 aliphatic carbocycles. The number of thiocarbonyl (C=S) groups is 1. The fraction of sp³-hybridized carbons (Fsp3) is 0.286. The fourth-order valence-electron chi connectivity index (χ4n) is 1.03. The zero-order valence-electron chi connectivity index (χ0n) is 9.11. The lowest BCUT2D eigenvalue weighted by Crippen LogP contribution is -2.24. The van der Waals surface area contributed by atoms with E-state index in [2.05, 4.69) is 27.6 Å². The van der Waals surface area contributed by atoms with Crippen LogP contribution in [0, 0.1) is 0 Å². The molecule has 0 atom stereocenters. The Morgan fingerprint density at radius 2 is 2.18 bits per heavy atom. The van der Waals surface area contributed by atoms with E-state index in [0.29, 0.717) is 0 Å². The van der Waals surface area contributed by atoms with Gasteiger partial charge in [0, 0.05) is 14.1 Å². The normalized spacial score (nSPS) is 11.3. The molecule has 1 rings (SSSR count). The maximum Gasteiger partial charge on any atom is 0.247 e. The third-order valence-corrected chi connectivity index (χ3v) is 2.58. The zero-order valence-corrected chi connectivity index (χ0v) is 10.7. The van der Waals surface area contributed by atoms with Gasteiger partial charge in [-0.1, -0.05) is 0 Å². The summed E-state index contributed by atoms with van der Waals surface area (Å²) in [6.45, 7) is 0. The highest BCUT2D eigenvalue weighted by molar-refractivity contribution is 7.89. The molecule has 1 aromatic rings. The molecule has 17 heavy (non-hydrogen) atoms. The third-order valence-electron chi connectivity index (χ3n) is 1.54. The van der Waals surface area contributed by atoms with Crippen LogP contribution in [-0.2, 0) is 10.0 Å². The summed E-state index contributed by atoms with van der Waals surface area (Å²) in [7, 11) is -0.714. The molecule has 0 amide bonds. The van der Waals surface area contributed by atoms with Crippen molar-refractivity contribution in [2.75, 3.05) is 19.5 Å². The van der Waals surface area contributed by atoms with Crippen LogP contribution in [0.5, 0.6) is 5.88 Å². The minimum absolute atomic E-state index is 0.0133. The van der Waals surface area contributed by atoms with E-state index in [1.165, 1.54) is 5.01 Å². The van der Waals surface area contributed by atoms with Crippen LogP contribution >= 0.6 is 12.2 Å². The number of hydrazine groups is 1. The molecular formula is C7H11N5O3S2. The highest BCUT2D eigenvalue weighted by atomic mass is 32.2. The quantitative estimate of drug-likeness (QED) is 0.539. The predicted molar refractivity (Wildman–Crippen MR) is 65.0 cm³/mol. The first-order valence-corrected chi connectivity index (χ1v) is 6.30. The summed E-state index contributed by atoms with van der Waals surface area (Å²) in [5.41, 5.74) is 3.56. The number of nitrogens with two attached hydrogens (primary N) is 1. The van der Waals surface area contributed by atoms with Gasteiger partial charge < -0.3 is 10.2 Å². The van der Waals surface area contributed by atoms with E-state index in [4.69, 9.17) is 9.88 Å². The van der Waals surface area contributed by atoms with Crippen LogP contribution in [0.15, 0.2) is 11.2 Å². The highest BCUT2D eigenvalue weighted by Gasteiger charge is 2.23. The van der Waals surface area contributed by atoms with Crippen molar-refractivity contribution in [3.8, 4) is 5.88 Å². The lowest BCUT2D eigenvalue weighted by atomic mass is 10.5. The van der Waals surface area contributed by atoms with Crippen molar-refractivity contribution in [1.82, 2.24) is 15.0 Å². The van der Waals surface area contributed by atoms with Crippen LogP contribution in [0.4, 0.5) is 5.82 Å². The van der Waals surface area contributed by atoms with Crippen molar-refractivity contribution in [1.29, 1.82) is 0 Å². The number of primary sulfonamides is 1. The summed E-state index contributed by atoms with van der Waals surface area (Å²) in [6.07, 6.45) is 1.13. The minimum Gasteiger partial charge on any atom is -0.434 e. The van der Waals surface area contributed by atoms with Crippen molar-refractivity contribution in [3.05, 3.63) is 6.33 Å². The van der Waals surface area contributed by atoms with Crippen LogP contribution in [0.25, 0.3) is 0 Å². The first kappa shape index (κ1) is 13.7. The number of hydrogen-bond donors (Lipinski definition) is 2. The maximum atomic E-state index is 11.4. The average molecular weight is 277 g/mol. The summed E-state index contributed by atoms with van der Waals surface area (Å²) >= 11 is 4.47. The van der Waals surface area contributed by atoms with Gasteiger partial charge in [-0.25, -0.2) is 28.5 Å². The first-order valence-electron chi connectivity index (χ1n) is 4.28. The van der Waals surface area contributed by atoms with Crippen molar-refractivity contribution < 1.29 is 13.2 Å². The molecule has 1 heterocycles. The van der Waals surface area contributed by atoms with E-state index >= 15 is 0 Å². The summed E-state index contributed by atoms with van der Waals surface area (Å²) in [4.78, 5) is 7.08. The molecule has 0 saturated carbocycles. The van der Waals surface area contributed by atoms with Gasteiger partial charge in [0.05, 0.1) is 0 Å². The van der Waals surface area contributed by atoms with E-state index in [0.717, 1.165) is 11.9 Å². The molecule has 0 bridgehead atoms. The standard InChI is InChI=1S/C7H11N5O3S2/c1-12(2)11-6-5(17(8,13)14)7(15-4-16)10-3-9-6/h3-4H,1-2H3,(H2,8,13,14)(H,9,10,11). The van der Waals surface area contributed by atoms with Crippen molar-refractivity contribution in [3.63, 3.8) is 0 Å². The Bertz CT molecular complexity index is 516. The number of hydrogen-bond acceptors (Lipinski definition) is 8. The number of sulfonamides is 1. The van der Waals surface area contributed by atoms with E-state index < -0.39 is 10.0 Å². The minimum atomic E-state index is -4.04. The van der Waals surface area contributed by atoms with Crippen molar-refractivity contribution >= 4 is 33.6 Å². The molecule has 0 unspecified atom stereocenters. The molecule has 10 heteroatoms. The molecule has 0 saturated heterocycles. The largest absolute Gasteiger partial charge is 0.434 e. The second-order valence-electron chi connectivity index (χ2n) is 3.12. The smallest absolute Gasteiger partial charge is 0.247 e. The van der Waals surface area contributed by atoms with E-state index in [-0.39, 0.29) is 16.6 Å². The Morgan fingerprint density at radius 3 is 2.65 bits per heavy atom. The van der Waals surface area contributed by atoms with E-state index in [1.807, 2.05) is 0 Å². The zero-order chi connectivity index (χ0) is 13.1. The number of nitrogens with one attached hydrogen (secondary N) is 1. The summed E-state index contributed by atoms with van der Waals surface area (Å²) in [5, 5.41) is 6.57. The van der Waals surface area contributed by atoms with Gasteiger partial charge in [-0.3, -0.25) is 0 Å². The van der Waals surface area contributed by atoms with Gasteiger partial charge >= 0.3 is 0 Å². The lowest BCUT2D eigenvalue weighted by molar-refractivity contribution is 0.482. The van der Waals surface area contributed by atoms with Crippen LogP contribution in [0.3, 0.4) is 0 Å². The number of rotatable bonds is 5. The molecule has 94 valence electrons. The Labute approximate surface area is 104 Å². The van der Waals surface area contributed by atoms with E-state index in [1.54, 1.807) is 14.1 Å². The number of aromatic nitrogens is 2. The molecule has 0 aromatic carbocycles. The van der Waals surface area contributed by atoms with Gasteiger partial charge in [-0.05, 0) is 12.2 Å². The fourth-order valence-corrected chi connectivity index (χ4v) is 1.84. The van der Waals surface area contributed by atoms with Crippen molar-refractivity contribution in [2.45, 2.75) is 4.90 Å². The predicted octanol–water partition coefficient (Wildman–Crippen LogP) is -0.651. The SMILES string of the molecule is CN(C)Nc1ncnc(OC=S)c1S(N)(=O)=O. The average Bonchev–Trinajstić information content (AvgIpc) is 2.15. The topological polar surface area (TPSA) is 110 Å². The Balaban J connectivity index is 3.39. The second-order valence-corrected chi connectivity index (χ2v) is 4.81. The molecule has 3 N–H and O–H groups in total. The van der Waals surface area contributed by atoms with Crippen LogP contribution < -0.4 is 15.3 Å². The second kappa shape index (κ2) is 5.31. The summed E-state index contributed by atoms with van der Waals surface area (Å²) < 4.78 is 27.7. The van der Waals surface area contributed by atoms with Crippen molar-refractivity contribution in [2.24, 2.45) is 5.14 Å².